The van der Waals surface area contributed by atoms with E-state index in [2.05, 4.69) is 10.2 Å². The Morgan fingerprint density at radius 1 is 1.13 bits per heavy atom. The Hall–Kier alpha value is -2.49. The third kappa shape index (κ3) is 5.33. The van der Waals surface area contributed by atoms with Gasteiger partial charge in [-0.25, -0.2) is 0 Å². The molecule has 1 N–H and O–H groups in total. The lowest BCUT2D eigenvalue weighted by Crippen LogP contribution is -2.40. The number of hydrogen-bond donors (Lipinski definition) is 1. The number of benzene rings is 2. The van der Waals surface area contributed by atoms with Crippen LogP contribution < -0.4 is 15.0 Å². The van der Waals surface area contributed by atoms with Gasteiger partial charge in [0.2, 0.25) is 0 Å². The molecule has 0 bridgehead atoms. The zero-order valence-electron chi connectivity index (χ0n) is 14.0. The molecular weight excluding hydrogens is 288 g/mol. The highest BCUT2D eigenvalue weighted by molar-refractivity contribution is 5.80. The quantitative estimate of drug-likeness (QED) is 0.854. The number of rotatable bonds is 7. The molecule has 0 fully saturated rings. The Balaban J connectivity index is 1.74. The summed E-state index contributed by atoms with van der Waals surface area (Å²) in [5.41, 5.74) is 2.30. The number of aryl methyl sites for hydroxylation is 1. The number of para-hydroxylation sites is 1. The van der Waals surface area contributed by atoms with Gasteiger partial charge in [0.15, 0.2) is 6.10 Å². The Morgan fingerprint density at radius 3 is 2.43 bits per heavy atom. The average molecular weight is 312 g/mol. The zero-order valence-corrected chi connectivity index (χ0v) is 14.0. The molecule has 0 aliphatic carbocycles. The van der Waals surface area contributed by atoms with Crippen LogP contribution in [0.5, 0.6) is 5.75 Å². The second kappa shape index (κ2) is 8.22. The van der Waals surface area contributed by atoms with E-state index in [1.807, 2.05) is 68.6 Å². The number of carbonyl (C=O) groups is 1. The summed E-state index contributed by atoms with van der Waals surface area (Å²) >= 11 is 0. The normalized spacial score (nSPS) is 11.6. The van der Waals surface area contributed by atoms with Crippen molar-refractivity contribution in [1.29, 1.82) is 0 Å². The van der Waals surface area contributed by atoms with E-state index < -0.39 is 6.10 Å². The van der Waals surface area contributed by atoms with Gasteiger partial charge in [0.05, 0.1) is 0 Å². The first-order valence-corrected chi connectivity index (χ1v) is 7.83. The number of amides is 1. The van der Waals surface area contributed by atoms with E-state index in [-0.39, 0.29) is 5.91 Å². The van der Waals surface area contributed by atoms with Crippen LogP contribution in [0.2, 0.25) is 0 Å². The van der Waals surface area contributed by atoms with E-state index in [0.29, 0.717) is 12.3 Å². The lowest BCUT2D eigenvalue weighted by Gasteiger charge is -2.20. The number of hydrogen-bond acceptors (Lipinski definition) is 3. The summed E-state index contributed by atoms with van der Waals surface area (Å²) in [5.74, 6) is 0.603. The lowest BCUT2D eigenvalue weighted by atomic mass is 10.2. The molecule has 0 saturated heterocycles. The third-order valence-corrected chi connectivity index (χ3v) is 3.65. The number of carbonyl (C=O) groups excluding carboxylic acids is 1. The van der Waals surface area contributed by atoms with Crippen molar-refractivity contribution in [3.8, 4) is 5.75 Å². The van der Waals surface area contributed by atoms with E-state index >= 15 is 0 Å². The fraction of sp³-hybridized carbons (Fsp3) is 0.316. The van der Waals surface area contributed by atoms with Crippen LogP contribution in [0.4, 0.5) is 5.69 Å². The fourth-order valence-corrected chi connectivity index (χ4v) is 2.18. The van der Waals surface area contributed by atoms with Crippen LogP contribution in [0.3, 0.4) is 0 Å². The van der Waals surface area contributed by atoms with Gasteiger partial charge in [0.1, 0.15) is 5.75 Å². The molecule has 0 saturated carbocycles. The summed E-state index contributed by atoms with van der Waals surface area (Å²) in [6.45, 7) is 5.10. The van der Waals surface area contributed by atoms with Crippen molar-refractivity contribution in [1.82, 2.24) is 5.32 Å². The monoisotopic (exact) mass is 312 g/mol. The Kier molecular flexibility index (Phi) is 6.03. The van der Waals surface area contributed by atoms with Gasteiger partial charge in [-0.15, -0.1) is 0 Å². The second-order valence-electron chi connectivity index (χ2n) is 5.62. The molecule has 1 amide bonds. The maximum atomic E-state index is 12.1. The minimum Gasteiger partial charge on any atom is -0.481 e. The van der Waals surface area contributed by atoms with Crippen LogP contribution in [0.25, 0.3) is 0 Å². The van der Waals surface area contributed by atoms with Gasteiger partial charge < -0.3 is 15.0 Å². The van der Waals surface area contributed by atoms with Crippen LogP contribution in [-0.2, 0) is 4.79 Å². The molecule has 2 rings (SSSR count). The summed E-state index contributed by atoms with van der Waals surface area (Å²) in [7, 11) is 2.01. The molecule has 122 valence electrons. The standard InChI is InChI=1S/C19H24N2O2/c1-15-9-11-18(12-10-15)23-16(2)19(22)20-13-14-21(3)17-7-5-4-6-8-17/h4-12,16H,13-14H2,1-3H3,(H,20,22)/t16-/m1/s1. The van der Waals surface area contributed by atoms with Crippen LogP contribution in [0, 0.1) is 6.92 Å². The SMILES string of the molecule is Cc1ccc(O[C@H](C)C(=O)NCCN(C)c2ccccc2)cc1. The van der Waals surface area contributed by atoms with Crippen molar-refractivity contribution >= 4 is 11.6 Å². The molecule has 4 heteroatoms. The number of nitrogens with one attached hydrogen (secondary N) is 1. The zero-order chi connectivity index (χ0) is 16.7. The molecule has 0 spiro atoms. The molecule has 4 nitrogen and oxygen atoms in total. The van der Waals surface area contributed by atoms with E-state index in [9.17, 15) is 4.79 Å². The minimum absolute atomic E-state index is 0.105. The molecule has 0 aromatic heterocycles. The maximum Gasteiger partial charge on any atom is 0.260 e. The summed E-state index contributed by atoms with van der Waals surface area (Å²) < 4.78 is 5.65. The van der Waals surface area contributed by atoms with Crippen LogP contribution >= 0.6 is 0 Å². The smallest absolute Gasteiger partial charge is 0.260 e. The largest absolute Gasteiger partial charge is 0.481 e. The molecule has 0 unspecified atom stereocenters. The average Bonchev–Trinajstić information content (AvgIpc) is 2.57. The molecule has 0 aliphatic heterocycles. The molecule has 0 aliphatic rings. The fourth-order valence-electron chi connectivity index (χ4n) is 2.18. The Labute approximate surface area is 138 Å². The van der Waals surface area contributed by atoms with Crippen molar-refractivity contribution in [2.75, 3.05) is 25.0 Å². The highest BCUT2D eigenvalue weighted by Gasteiger charge is 2.14. The molecule has 1 atom stereocenters. The Morgan fingerprint density at radius 2 is 1.78 bits per heavy atom. The molecular formula is C19H24N2O2. The van der Waals surface area contributed by atoms with Gasteiger partial charge in [-0.3, -0.25) is 4.79 Å². The van der Waals surface area contributed by atoms with Gasteiger partial charge in [-0.1, -0.05) is 35.9 Å². The molecule has 0 heterocycles. The first kappa shape index (κ1) is 16.9. The van der Waals surface area contributed by atoms with Crippen molar-refractivity contribution in [2.45, 2.75) is 20.0 Å². The molecule has 2 aromatic carbocycles. The lowest BCUT2D eigenvalue weighted by molar-refractivity contribution is -0.127. The van der Waals surface area contributed by atoms with Crippen molar-refractivity contribution in [2.24, 2.45) is 0 Å². The molecule has 23 heavy (non-hydrogen) atoms. The molecule has 0 radical (unpaired) electrons. The summed E-state index contributed by atoms with van der Waals surface area (Å²) in [5, 5.41) is 2.91. The van der Waals surface area contributed by atoms with Crippen LogP contribution in [0.1, 0.15) is 12.5 Å². The first-order chi connectivity index (χ1) is 11.1. The minimum atomic E-state index is -0.514. The van der Waals surface area contributed by atoms with E-state index in [4.69, 9.17) is 4.74 Å². The summed E-state index contributed by atoms with van der Waals surface area (Å²) in [6.07, 6.45) is -0.514. The topological polar surface area (TPSA) is 41.6 Å². The van der Waals surface area contributed by atoms with E-state index in [1.54, 1.807) is 6.92 Å². The van der Waals surface area contributed by atoms with Gasteiger partial charge in [-0.05, 0) is 38.1 Å². The van der Waals surface area contributed by atoms with Crippen molar-refractivity contribution < 1.29 is 9.53 Å². The predicted octanol–water partition coefficient (Wildman–Crippen LogP) is 3.01. The molecule has 2 aromatic rings. The first-order valence-electron chi connectivity index (χ1n) is 7.83. The van der Waals surface area contributed by atoms with Gasteiger partial charge in [0, 0.05) is 25.8 Å². The van der Waals surface area contributed by atoms with Gasteiger partial charge >= 0.3 is 0 Å². The summed E-state index contributed by atoms with van der Waals surface area (Å²) in [4.78, 5) is 14.2. The highest BCUT2D eigenvalue weighted by atomic mass is 16.5. The highest BCUT2D eigenvalue weighted by Crippen LogP contribution is 2.13. The van der Waals surface area contributed by atoms with Crippen LogP contribution in [0.15, 0.2) is 54.6 Å². The van der Waals surface area contributed by atoms with Crippen molar-refractivity contribution in [3.63, 3.8) is 0 Å². The number of ether oxygens (including phenoxy) is 1. The van der Waals surface area contributed by atoms with E-state index in [1.165, 1.54) is 5.56 Å². The van der Waals surface area contributed by atoms with Crippen LogP contribution in [-0.4, -0.2) is 32.1 Å². The van der Waals surface area contributed by atoms with Gasteiger partial charge in [0.25, 0.3) is 5.91 Å². The maximum absolute atomic E-state index is 12.1. The van der Waals surface area contributed by atoms with Gasteiger partial charge in [-0.2, -0.15) is 0 Å². The predicted molar refractivity (Wildman–Crippen MR) is 94.0 cm³/mol. The number of nitrogens with zero attached hydrogens (tertiary/aromatic N) is 1. The third-order valence-electron chi connectivity index (χ3n) is 3.65. The van der Waals surface area contributed by atoms with E-state index in [0.717, 1.165) is 12.2 Å². The second-order valence-corrected chi connectivity index (χ2v) is 5.62. The van der Waals surface area contributed by atoms with Crippen molar-refractivity contribution in [3.05, 3.63) is 60.2 Å². The number of likely N-dealkylation sites (N-methyl/N-ethyl adjacent to an activating group) is 1. The number of anilines is 1. The summed E-state index contributed by atoms with van der Waals surface area (Å²) in [6, 6.07) is 17.8. The Bertz CT molecular complexity index is 611.